The van der Waals surface area contributed by atoms with Crippen molar-refractivity contribution in [3.8, 4) is 5.75 Å². The van der Waals surface area contributed by atoms with Crippen molar-refractivity contribution in [2.75, 3.05) is 6.61 Å². The smallest absolute Gasteiger partial charge is 0.511 e. The molecule has 2 rings (SSSR count). The molecular weight excluding hydrogens is 223 g/mol. The molecule has 0 saturated heterocycles. The van der Waals surface area contributed by atoms with Crippen molar-refractivity contribution < 1.29 is 19.4 Å². The second-order valence-corrected chi connectivity index (χ2v) is 4.37. The normalized spacial score (nSPS) is 17.3. The average Bonchev–Trinajstić information content (AvgIpc) is 2.58. The van der Waals surface area contributed by atoms with Gasteiger partial charge in [-0.15, -0.1) is 0 Å². The third kappa shape index (κ3) is 2.95. The lowest BCUT2D eigenvalue weighted by atomic mass is 10.1. The first kappa shape index (κ1) is 11.9. The van der Waals surface area contributed by atoms with Crippen molar-refractivity contribution >= 4 is 13.2 Å². The van der Waals surface area contributed by atoms with Crippen LogP contribution in [0.1, 0.15) is 19.4 Å². The van der Waals surface area contributed by atoms with Crippen LogP contribution in [0.4, 0.5) is 0 Å². The first-order valence-corrected chi connectivity index (χ1v) is 5.17. The highest BCUT2D eigenvalue weighted by molar-refractivity contribution is 6.33. The molecule has 1 aromatic heterocycles. The number of pyridine rings is 1. The lowest BCUT2D eigenvalue weighted by molar-refractivity contribution is 0.279. The van der Waals surface area contributed by atoms with E-state index >= 15 is 0 Å². The highest BCUT2D eigenvalue weighted by Crippen LogP contribution is 2.22. The molecule has 1 aliphatic heterocycles. The number of rotatable bonds is 3. The molecule has 0 spiro atoms. The summed E-state index contributed by atoms with van der Waals surface area (Å²) in [6, 6.07) is 1.59. The van der Waals surface area contributed by atoms with Crippen LogP contribution in [0, 0.1) is 0 Å². The van der Waals surface area contributed by atoms with E-state index in [1.807, 2.05) is 13.8 Å². The molecule has 7 heteroatoms. The van der Waals surface area contributed by atoms with Gasteiger partial charge in [-0.25, -0.2) is 4.99 Å². The molecule has 2 heterocycles. The summed E-state index contributed by atoms with van der Waals surface area (Å²) in [4.78, 5) is 8.31. The van der Waals surface area contributed by atoms with Gasteiger partial charge >= 0.3 is 7.32 Å². The molecule has 0 unspecified atom stereocenters. The highest BCUT2D eigenvalue weighted by Gasteiger charge is 2.27. The van der Waals surface area contributed by atoms with Gasteiger partial charge in [0.15, 0.2) is 0 Å². The quantitative estimate of drug-likeness (QED) is 0.720. The summed E-state index contributed by atoms with van der Waals surface area (Å²) in [7, 11) is -1.87. The Labute approximate surface area is 99.1 Å². The molecule has 0 amide bonds. The van der Waals surface area contributed by atoms with Crippen molar-refractivity contribution in [3.05, 3.63) is 24.0 Å². The fourth-order valence-electron chi connectivity index (χ4n) is 1.45. The first-order chi connectivity index (χ1) is 7.96. The van der Waals surface area contributed by atoms with E-state index in [-0.39, 0.29) is 11.3 Å². The van der Waals surface area contributed by atoms with Crippen LogP contribution in [-0.4, -0.2) is 40.4 Å². The minimum absolute atomic E-state index is 0.244. The van der Waals surface area contributed by atoms with Crippen molar-refractivity contribution in [1.29, 1.82) is 0 Å². The Morgan fingerprint density at radius 2 is 2.18 bits per heavy atom. The maximum atomic E-state index is 8.69. The molecule has 0 aromatic carbocycles. The zero-order valence-corrected chi connectivity index (χ0v) is 9.62. The van der Waals surface area contributed by atoms with Gasteiger partial charge in [0, 0.05) is 6.20 Å². The number of ether oxygens (including phenoxy) is 1. The SMILES string of the molecule is CC1(C)COC(c2cncc(OB(O)O)c2)=N1. The summed E-state index contributed by atoms with van der Waals surface area (Å²) in [5.74, 6) is 0.730. The van der Waals surface area contributed by atoms with E-state index in [4.69, 9.17) is 19.4 Å². The Hall–Kier alpha value is -1.60. The van der Waals surface area contributed by atoms with Crippen LogP contribution in [0.2, 0.25) is 0 Å². The maximum absolute atomic E-state index is 8.69. The van der Waals surface area contributed by atoms with Gasteiger partial charge in [0.05, 0.1) is 17.3 Å². The molecule has 6 nitrogen and oxygen atoms in total. The third-order valence-corrected chi connectivity index (χ3v) is 2.17. The maximum Gasteiger partial charge on any atom is 0.707 e. The van der Waals surface area contributed by atoms with E-state index in [0.29, 0.717) is 18.1 Å². The van der Waals surface area contributed by atoms with Crippen LogP contribution in [-0.2, 0) is 4.74 Å². The highest BCUT2D eigenvalue weighted by atomic mass is 16.6. The lowest BCUT2D eigenvalue weighted by Crippen LogP contribution is -2.20. The standard InChI is InChI=1S/C10H13BN2O4/c1-10(2)6-16-9(13-10)7-3-8(5-12-4-7)17-11(14)15/h3-5,14-15H,6H2,1-2H3. The summed E-state index contributed by atoms with van der Waals surface area (Å²) in [5.41, 5.74) is 0.400. The number of aromatic nitrogens is 1. The molecule has 0 bridgehead atoms. The number of aliphatic imine (C=N–C) groups is 1. The Morgan fingerprint density at radius 3 is 2.76 bits per heavy atom. The van der Waals surface area contributed by atoms with Crippen LogP contribution >= 0.6 is 0 Å². The Kier molecular flexibility index (Phi) is 3.04. The van der Waals surface area contributed by atoms with E-state index in [1.54, 1.807) is 12.3 Å². The van der Waals surface area contributed by atoms with Gasteiger partial charge in [-0.2, -0.15) is 0 Å². The zero-order valence-electron chi connectivity index (χ0n) is 9.62. The summed E-state index contributed by atoms with van der Waals surface area (Å²) >= 11 is 0. The van der Waals surface area contributed by atoms with Crippen molar-refractivity contribution in [1.82, 2.24) is 4.98 Å². The zero-order chi connectivity index (χ0) is 12.5. The molecule has 0 aliphatic carbocycles. The van der Waals surface area contributed by atoms with Gasteiger partial charge in [-0.1, -0.05) is 0 Å². The molecule has 1 aromatic rings. The van der Waals surface area contributed by atoms with Crippen LogP contribution in [0.5, 0.6) is 5.75 Å². The number of hydrogen-bond donors (Lipinski definition) is 2. The van der Waals surface area contributed by atoms with Crippen LogP contribution in [0.25, 0.3) is 0 Å². The molecule has 2 N–H and O–H groups in total. The predicted octanol–water partition coefficient (Wildman–Crippen LogP) is -0.0147. The summed E-state index contributed by atoms with van der Waals surface area (Å²) in [6.45, 7) is 4.44. The summed E-state index contributed by atoms with van der Waals surface area (Å²) in [5, 5.41) is 17.4. The predicted molar refractivity (Wildman–Crippen MR) is 61.6 cm³/mol. The van der Waals surface area contributed by atoms with Gasteiger partial charge in [0.25, 0.3) is 0 Å². The van der Waals surface area contributed by atoms with E-state index < -0.39 is 7.32 Å². The minimum Gasteiger partial charge on any atom is -0.511 e. The van der Waals surface area contributed by atoms with Gasteiger partial charge in [0.1, 0.15) is 12.4 Å². The van der Waals surface area contributed by atoms with E-state index in [0.717, 1.165) is 0 Å². The lowest BCUT2D eigenvalue weighted by Gasteiger charge is -2.07. The molecule has 0 fully saturated rings. The van der Waals surface area contributed by atoms with E-state index in [2.05, 4.69) is 9.98 Å². The molecular formula is C10H13BN2O4. The minimum atomic E-state index is -1.87. The largest absolute Gasteiger partial charge is 0.707 e. The second kappa shape index (κ2) is 4.35. The topological polar surface area (TPSA) is 84.2 Å². The Morgan fingerprint density at radius 1 is 1.41 bits per heavy atom. The van der Waals surface area contributed by atoms with Crippen molar-refractivity contribution in [2.24, 2.45) is 4.99 Å². The summed E-state index contributed by atoms with van der Waals surface area (Å²) in [6.07, 6.45) is 2.96. The second-order valence-electron chi connectivity index (χ2n) is 4.37. The molecule has 90 valence electrons. The molecule has 0 atom stereocenters. The third-order valence-electron chi connectivity index (χ3n) is 2.17. The number of nitrogens with zero attached hydrogens (tertiary/aromatic N) is 2. The number of hydrogen-bond acceptors (Lipinski definition) is 6. The van der Waals surface area contributed by atoms with Crippen molar-refractivity contribution in [2.45, 2.75) is 19.4 Å². The van der Waals surface area contributed by atoms with E-state index in [1.165, 1.54) is 6.20 Å². The molecule has 17 heavy (non-hydrogen) atoms. The van der Waals surface area contributed by atoms with Crippen LogP contribution < -0.4 is 4.65 Å². The molecule has 1 aliphatic rings. The Balaban J connectivity index is 2.22. The van der Waals surface area contributed by atoms with Gasteiger partial charge in [-0.3, -0.25) is 4.98 Å². The molecule has 0 radical (unpaired) electrons. The average molecular weight is 236 g/mol. The van der Waals surface area contributed by atoms with Crippen LogP contribution in [0.3, 0.4) is 0 Å². The first-order valence-electron chi connectivity index (χ1n) is 5.17. The van der Waals surface area contributed by atoms with Gasteiger partial charge in [0.2, 0.25) is 5.90 Å². The van der Waals surface area contributed by atoms with Gasteiger partial charge < -0.3 is 19.4 Å². The monoisotopic (exact) mass is 236 g/mol. The fraction of sp³-hybridized carbons (Fsp3) is 0.400. The van der Waals surface area contributed by atoms with Crippen molar-refractivity contribution in [3.63, 3.8) is 0 Å². The summed E-state index contributed by atoms with van der Waals surface area (Å²) < 4.78 is 10.1. The Bertz CT molecular complexity index is 448. The van der Waals surface area contributed by atoms with E-state index in [9.17, 15) is 0 Å². The molecule has 0 saturated carbocycles. The van der Waals surface area contributed by atoms with Crippen LogP contribution in [0.15, 0.2) is 23.5 Å². The van der Waals surface area contributed by atoms with Gasteiger partial charge in [-0.05, 0) is 19.9 Å². The fourth-order valence-corrected chi connectivity index (χ4v) is 1.45.